The largest absolute Gasteiger partial charge is 0.418 e. The van der Waals surface area contributed by atoms with Crippen molar-refractivity contribution in [2.24, 2.45) is 5.84 Å². The number of hydrazine groups is 1. The van der Waals surface area contributed by atoms with E-state index in [-0.39, 0.29) is 11.3 Å². The van der Waals surface area contributed by atoms with Crippen molar-refractivity contribution in [2.75, 3.05) is 10.7 Å². The molecule has 1 aromatic heterocycles. The van der Waals surface area contributed by atoms with E-state index in [2.05, 4.69) is 5.32 Å². The second-order valence-corrected chi connectivity index (χ2v) is 4.65. The number of alkyl halides is 3. The predicted molar refractivity (Wildman–Crippen MR) is 71.5 cm³/mol. The van der Waals surface area contributed by atoms with Gasteiger partial charge in [-0.05, 0) is 29.6 Å². The first-order valence-corrected chi connectivity index (χ1v) is 6.37. The third-order valence-electron chi connectivity index (χ3n) is 2.52. The van der Waals surface area contributed by atoms with Gasteiger partial charge in [-0.15, -0.1) is 0 Å². The zero-order valence-electron chi connectivity index (χ0n) is 9.99. The number of nitrogen functional groups attached to an aromatic ring is 1. The Hall–Kier alpha value is -2.06. The lowest BCUT2D eigenvalue weighted by atomic mass is 10.1. The highest BCUT2D eigenvalue weighted by molar-refractivity contribution is 7.08. The summed E-state index contributed by atoms with van der Waals surface area (Å²) in [5.74, 6) is 4.42. The number of hydrogen-bond acceptors (Lipinski definition) is 4. The Kier molecular flexibility index (Phi) is 3.96. The molecule has 0 spiro atoms. The first kappa shape index (κ1) is 14.4. The quantitative estimate of drug-likeness (QED) is 0.602. The molecule has 0 aliphatic carbocycles. The summed E-state index contributed by atoms with van der Waals surface area (Å²) in [5.41, 5.74) is 1.13. The van der Waals surface area contributed by atoms with Crippen molar-refractivity contribution >= 4 is 28.6 Å². The Morgan fingerprint density at radius 1 is 1.25 bits per heavy atom. The number of carbonyl (C=O) groups is 1. The molecule has 0 bridgehead atoms. The highest BCUT2D eigenvalue weighted by atomic mass is 32.1. The Morgan fingerprint density at radius 2 is 2.00 bits per heavy atom. The number of carbonyl (C=O) groups excluding carboxylic acids is 1. The van der Waals surface area contributed by atoms with Gasteiger partial charge in [-0.3, -0.25) is 10.6 Å². The van der Waals surface area contributed by atoms with Gasteiger partial charge in [0, 0.05) is 10.9 Å². The maximum Gasteiger partial charge on any atom is 0.418 e. The summed E-state index contributed by atoms with van der Waals surface area (Å²) in [6.07, 6.45) is -4.60. The molecule has 1 aromatic carbocycles. The van der Waals surface area contributed by atoms with Crippen LogP contribution >= 0.6 is 11.3 Å². The molecule has 1 heterocycles. The maximum absolute atomic E-state index is 12.8. The summed E-state index contributed by atoms with van der Waals surface area (Å²) in [6.45, 7) is 0. The zero-order chi connectivity index (χ0) is 14.8. The summed E-state index contributed by atoms with van der Waals surface area (Å²) >= 11 is 1.37. The van der Waals surface area contributed by atoms with Gasteiger partial charge in [-0.25, -0.2) is 0 Å². The van der Waals surface area contributed by atoms with Crippen LogP contribution < -0.4 is 16.6 Å². The zero-order valence-corrected chi connectivity index (χ0v) is 10.8. The molecule has 0 atom stereocenters. The molecule has 4 N–H and O–H groups in total. The summed E-state index contributed by atoms with van der Waals surface area (Å²) in [5, 5.41) is 5.93. The molecular formula is C12H10F3N3OS. The van der Waals surface area contributed by atoms with Gasteiger partial charge in [0.05, 0.1) is 16.9 Å². The third kappa shape index (κ3) is 3.09. The number of nitrogens with two attached hydrogens (primary N) is 1. The molecule has 0 saturated carbocycles. The van der Waals surface area contributed by atoms with Gasteiger partial charge in [0.15, 0.2) is 0 Å². The molecule has 2 aromatic rings. The molecule has 0 aliphatic rings. The number of benzene rings is 1. The third-order valence-corrected chi connectivity index (χ3v) is 3.20. The van der Waals surface area contributed by atoms with Crippen LogP contribution in [0.3, 0.4) is 0 Å². The van der Waals surface area contributed by atoms with Crippen molar-refractivity contribution in [3.05, 3.63) is 46.2 Å². The summed E-state index contributed by atoms with van der Waals surface area (Å²) in [7, 11) is 0. The second-order valence-electron chi connectivity index (χ2n) is 3.87. The van der Waals surface area contributed by atoms with E-state index in [1.807, 2.05) is 5.43 Å². The topological polar surface area (TPSA) is 67.1 Å². The lowest BCUT2D eigenvalue weighted by molar-refractivity contribution is -0.137. The number of hydrogen-bond donors (Lipinski definition) is 3. The van der Waals surface area contributed by atoms with Crippen LogP contribution in [0.15, 0.2) is 35.0 Å². The number of nitrogens with one attached hydrogen (secondary N) is 2. The molecule has 106 valence electrons. The van der Waals surface area contributed by atoms with Crippen LogP contribution in [0.25, 0.3) is 0 Å². The first-order chi connectivity index (χ1) is 9.41. The Balaban J connectivity index is 2.31. The highest BCUT2D eigenvalue weighted by Gasteiger charge is 2.34. The van der Waals surface area contributed by atoms with E-state index >= 15 is 0 Å². The van der Waals surface area contributed by atoms with Crippen molar-refractivity contribution in [1.82, 2.24) is 0 Å². The Bertz CT molecular complexity index is 611. The molecule has 2 rings (SSSR count). The smallest absolute Gasteiger partial charge is 0.324 e. The number of rotatable bonds is 3. The molecule has 0 unspecified atom stereocenters. The van der Waals surface area contributed by atoms with Crippen molar-refractivity contribution in [3.8, 4) is 0 Å². The van der Waals surface area contributed by atoms with E-state index in [1.54, 1.807) is 16.8 Å². The van der Waals surface area contributed by atoms with Gasteiger partial charge < -0.3 is 10.7 Å². The van der Waals surface area contributed by atoms with Crippen LogP contribution in [-0.2, 0) is 6.18 Å². The summed E-state index contributed by atoms with van der Waals surface area (Å²) in [6, 6.07) is 4.80. The summed E-state index contributed by atoms with van der Waals surface area (Å²) in [4.78, 5) is 11.9. The average Bonchev–Trinajstić information content (AvgIpc) is 2.89. The Morgan fingerprint density at radius 3 is 2.55 bits per heavy atom. The van der Waals surface area contributed by atoms with Gasteiger partial charge in [-0.2, -0.15) is 24.5 Å². The number of anilines is 2. The van der Waals surface area contributed by atoms with E-state index in [1.165, 1.54) is 17.4 Å². The van der Waals surface area contributed by atoms with Crippen molar-refractivity contribution in [2.45, 2.75) is 6.18 Å². The fourth-order valence-electron chi connectivity index (χ4n) is 1.58. The molecule has 0 radical (unpaired) electrons. The standard InChI is InChI=1S/C12H10F3N3OS/c13-12(14,15)9-5-7(1-2-10(9)18-16)11(19)17-8-3-4-20-6-8/h1-6,18H,16H2,(H,17,19). The lowest BCUT2D eigenvalue weighted by Crippen LogP contribution is -2.17. The minimum Gasteiger partial charge on any atom is -0.324 e. The van der Waals surface area contributed by atoms with E-state index in [0.29, 0.717) is 5.69 Å². The average molecular weight is 301 g/mol. The van der Waals surface area contributed by atoms with Gasteiger partial charge in [-0.1, -0.05) is 0 Å². The van der Waals surface area contributed by atoms with E-state index < -0.39 is 17.6 Å². The second kappa shape index (κ2) is 5.51. The maximum atomic E-state index is 12.8. The van der Waals surface area contributed by atoms with Crippen LogP contribution in [0, 0.1) is 0 Å². The fraction of sp³-hybridized carbons (Fsp3) is 0.0833. The molecule has 8 heteroatoms. The molecule has 0 fully saturated rings. The lowest BCUT2D eigenvalue weighted by Gasteiger charge is -2.13. The SMILES string of the molecule is NNc1ccc(C(=O)Nc2ccsc2)cc1C(F)(F)F. The predicted octanol–water partition coefficient (Wildman–Crippen LogP) is 3.30. The molecule has 1 amide bonds. The molecule has 0 aliphatic heterocycles. The van der Waals surface area contributed by atoms with E-state index in [9.17, 15) is 18.0 Å². The van der Waals surface area contributed by atoms with Crippen LogP contribution in [-0.4, -0.2) is 5.91 Å². The van der Waals surface area contributed by atoms with Crippen LogP contribution in [0.2, 0.25) is 0 Å². The van der Waals surface area contributed by atoms with Crippen LogP contribution in [0.1, 0.15) is 15.9 Å². The first-order valence-electron chi connectivity index (χ1n) is 5.43. The van der Waals surface area contributed by atoms with E-state index in [4.69, 9.17) is 5.84 Å². The minimum atomic E-state index is -4.60. The monoisotopic (exact) mass is 301 g/mol. The van der Waals surface area contributed by atoms with Gasteiger partial charge in [0.25, 0.3) is 5.91 Å². The van der Waals surface area contributed by atoms with Crippen LogP contribution in [0.4, 0.5) is 24.5 Å². The number of amides is 1. The highest BCUT2D eigenvalue weighted by Crippen LogP contribution is 2.35. The Labute approximate surface area is 116 Å². The minimum absolute atomic E-state index is 0.0949. The number of halogens is 3. The van der Waals surface area contributed by atoms with Gasteiger partial charge in [0.2, 0.25) is 0 Å². The van der Waals surface area contributed by atoms with Crippen molar-refractivity contribution < 1.29 is 18.0 Å². The molecule has 4 nitrogen and oxygen atoms in total. The fourth-order valence-corrected chi connectivity index (χ4v) is 2.17. The number of thiophene rings is 1. The van der Waals surface area contributed by atoms with Gasteiger partial charge >= 0.3 is 6.18 Å². The van der Waals surface area contributed by atoms with Crippen molar-refractivity contribution in [1.29, 1.82) is 0 Å². The van der Waals surface area contributed by atoms with Crippen molar-refractivity contribution in [3.63, 3.8) is 0 Å². The normalized spacial score (nSPS) is 11.2. The van der Waals surface area contributed by atoms with E-state index in [0.717, 1.165) is 12.1 Å². The molecular weight excluding hydrogens is 291 g/mol. The molecule has 20 heavy (non-hydrogen) atoms. The molecule has 0 saturated heterocycles. The summed E-state index contributed by atoms with van der Waals surface area (Å²) < 4.78 is 38.5. The van der Waals surface area contributed by atoms with Crippen LogP contribution in [0.5, 0.6) is 0 Å². The van der Waals surface area contributed by atoms with Gasteiger partial charge in [0.1, 0.15) is 0 Å².